The summed E-state index contributed by atoms with van der Waals surface area (Å²) in [5.74, 6) is 0. The van der Waals surface area contributed by atoms with E-state index in [-0.39, 0.29) is 30.9 Å². The summed E-state index contributed by atoms with van der Waals surface area (Å²) in [6.07, 6.45) is 2.37. The van der Waals surface area contributed by atoms with E-state index in [1.807, 2.05) is 46.9 Å². The van der Waals surface area contributed by atoms with Gasteiger partial charge < -0.3 is 15.2 Å². The summed E-state index contributed by atoms with van der Waals surface area (Å²) in [6, 6.07) is 26.3. The van der Waals surface area contributed by atoms with E-state index in [0.29, 0.717) is 6.42 Å². The number of hydrogen-bond acceptors (Lipinski definition) is 4. The van der Waals surface area contributed by atoms with Crippen molar-refractivity contribution in [3.05, 3.63) is 95.7 Å². The Bertz CT molecular complexity index is 1390. The van der Waals surface area contributed by atoms with Gasteiger partial charge in [-0.25, -0.2) is 0 Å². The fraction of sp³-hybridized carbons (Fsp3) is 0.405. The number of aliphatic hydroxyl groups is 2. The van der Waals surface area contributed by atoms with Crippen LogP contribution in [0.15, 0.2) is 72.9 Å². The minimum Gasteiger partial charge on any atom is -0.392 e. The predicted octanol–water partition coefficient (Wildman–Crippen LogP) is 8.78. The zero-order chi connectivity index (χ0) is 30.4. The number of benzene rings is 3. The SMILES string of the molecule is CCC(C)(C)C(O)CC(O)C(C)(C)C.Cc1c[c-]c(-c2ncc(-c3ccc(C)cc3)nc2-c2ccc(C)cc2)cc1.[Ir]. The quantitative estimate of drug-likeness (QED) is 0.186. The van der Waals surface area contributed by atoms with Crippen molar-refractivity contribution >= 4 is 0 Å². The van der Waals surface area contributed by atoms with E-state index in [1.165, 1.54) is 16.7 Å². The Morgan fingerprint density at radius 1 is 0.714 bits per heavy atom. The standard InChI is InChI=1S/C25H21N2.C12H26O2.Ir/c1-17-4-10-20(11-5-17)23-16-26-24(21-12-6-18(2)7-13-21)25(27-23)22-14-8-19(3)9-15-22;1-7-12(5,6)10(14)8-9(13)11(2,3)4;/h4-12,14-16H,1-3H3;9-10,13-14H,7-8H2,1-6H3;/q-1;;. The van der Waals surface area contributed by atoms with Gasteiger partial charge in [-0.1, -0.05) is 108 Å². The van der Waals surface area contributed by atoms with Crippen LogP contribution in [0.2, 0.25) is 0 Å². The van der Waals surface area contributed by atoms with Crippen LogP contribution in [-0.4, -0.2) is 32.4 Å². The van der Waals surface area contributed by atoms with Gasteiger partial charge in [0.2, 0.25) is 0 Å². The first-order valence-corrected chi connectivity index (χ1v) is 14.6. The minimum absolute atomic E-state index is 0. The van der Waals surface area contributed by atoms with Crippen LogP contribution in [0.25, 0.3) is 33.8 Å². The Kier molecular flexibility index (Phi) is 12.8. The fourth-order valence-electron chi connectivity index (χ4n) is 4.13. The number of aliphatic hydroxyl groups excluding tert-OH is 2. The van der Waals surface area contributed by atoms with Gasteiger partial charge in [-0.15, -0.1) is 35.4 Å². The maximum Gasteiger partial charge on any atom is 0.0873 e. The normalized spacial score (nSPS) is 12.9. The van der Waals surface area contributed by atoms with Crippen LogP contribution in [0.3, 0.4) is 0 Å². The molecule has 2 N–H and O–H groups in total. The number of rotatable bonds is 7. The van der Waals surface area contributed by atoms with E-state index in [1.54, 1.807) is 0 Å². The van der Waals surface area contributed by atoms with Gasteiger partial charge >= 0.3 is 0 Å². The summed E-state index contributed by atoms with van der Waals surface area (Å²) >= 11 is 0. The molecule has 0 amide bonds. The minimum atomic E-state index is -0.441. The number of hydrogen-bond donors (Lipinski definition) is 2. The molecule has 0 aliphatic rings. The molecular formula is C37H47IrN2O2-. The third-order valence-electron chi connectivity index (χ3n) is 7.93. The molecule has 4 aromatic rings. The molecule has 0 aliphatic heterocycles. The largest absolute Gasteiger partial charge is 0.392 e. The second-order valence-electron chi connectivity index (χ2n) is 12.9. The first kappa shape index (κ1) is 35.5. The number of nitrogens with zero attached hydrogens (tertiary/aromatic N) is 2. The molecule has 4 rings (SSSR count). The van der Waals surface area contributed by atoms with Crippen molar-refractivity contribution in [1.29, 1.82) is 0 Å². The molecule has 0 aliphatic carbocycles. The van der Waals surface area contributed by atoms with Crippen LogP contribution in [0.4, 0.5) is 0 Å². The molecule has 3 aromatic carbocycles. The summed E-state index contributed by atoms with van der Waals surface area (Å²) in [6.45, 7) is 18.3. The average Bonchev–Trinajstić information content (AvgIpc) is 2.94. The molecule has 0 saturated carbocycles. The van der Waals surface area contributed by atoms with Gasteiger partial charge in [-0.05, 0) is 36.7 Å². The van der Waals surface area contributed by atoms with Crippen molar-refractivity contribution in [2.45, 2.75) is 87.4 Å². The van der Waals surface area contributed by atoms with E-state index < -0.39 is 12.2 Å². The van der Waals surface area contributed by atoms with Crippen molar-refractivity contribution in [1.82, 2.24) is 9.97 Å². The third-order valence-corrected chi connectivity index (χ3v) is 7.93. The third kappa shape index (κ3) is 9.67. The first-order chi connectivity index (χ1) is 19.2. The van der Waals surface area contributed by atoms with Crippen LogP contribution in [0.5, 0.6) is 0 Å². The summed E-state index contributed by atoms with van der Waals surface area (Å²) in [5, 5.41) is 19.8. The average molecular weight is 744 g/mol. The Hall–Kier alpha value is -2.69. The molecule has 42 heavy (non-hydrogen) atoms. The van der Waals surface area contributed by atoms with E-state index in [0.717, 1.165) is 40.2 Å². The van der Waals surface area contributed by atoms with Crippen LogP contribution in [0, 0.1) is 37.7 Å². The Labute approximate surface area is 267 Å². The van der Waals surface area contributed by atoms with E-state index in [2.05, 4.69) is 94.4 Å². The summed E-state index contributed by atoms with van der Waals surface area (Å²) in [4.78, 5) is 9.77. The van der Waals surface area contributed by atoms with Crippen molar-refractivity contribution in [3.63, 3.8) is 0 Å². The van der Waals surface area contributed by atoms with Crippen LogP contribution in [-0.2, 0) is 20.1 Å². The van der Waals surface area contributed by atoms with Crippen LogP contribution < -0.4 is 0 Å². The molecule has 1 radical (unpaired) electrons. The fourth-order valence-corrected chi connectivity index (χ4v) is 4.13. The molecule has 2 unspecified atom stereocenters. The molecule has 0 saturated heterocycles. The van der Waals surface area contributed by atoms with E-state index in [4.69, 9.17) is 9.97 Å². The number of aryl methyl sites for hydroxylation is 3. The number of aromatic nitrogens is 2. The molecule has 0 fully saturated rings. The van der Waals surface area contributed by atoms with Gasteiger partial charge in [-0.3, -0.25) is 4.98 Å². The van der Waals surface area contributed by atoms with E-state index in [9.17, 15) is 10.2 Å². The topological polar surface area (TPSA) is 66.2 Å². The molecule has 4 nitrogen and oxygen atoms in total. The summed E-state index contributed by atoms with van der Waals surface area (Å²) in [5.41, 5.74) is 9.09. The zero-order valence-electron chi connectivity index (χ0n) is 26.6. The van der Waals surface area contributed by atoms with Crippen molar-refractivity contribution in [2.75, 3.05) is 0 Å². The molecule has 2 atom stereocenters. The van der Waals surface area contributed by atoms with Gasteiger partial charge in [0.05, 0.1) is 23.6 Å². The van der Waals surface area contributed by atoms with E-state index >= 15 is 0 Å². The maximum atomic E-state index is 9.95. The van der Waals surface area contributed by atoms with Gasteiger partial charge in [-0.2, -0.15) is 0 Å². The molecule has 227 valence electrons. The first-order valence-electron chi connectivity index (χ1n) is 14.6. The predicted molar refractivity (Wildman–Crippen MR) is 172 cm³/mol. The zero-order valence-corrected chi connectivity index (χ0v) is 29.0. The Morgan fingerprint density at radius 2 is 1.24 bits per heavy atom. The van der Waals surface area contributed by atoms with Gasteiger partial charge in [0.15, 0.2) is 0 Å². The Morgan fingerprint density at radius 3 is 1.71 bits per heavy atom. The maximum absolute atomic E-state index is 9.95. The van der Waals surface area contributed by atoms with Gasteiger partial charge in [0.1, 0.15) is 0 Å². The molecule has 1 aromatic heterocycles. The smallest absolute Gasteiger partial charge is 0.0873 e. The molecule has 0 spiro atoms. The van der Waals surface area contributed by atoms with Gasteiger partial charge in [0.25, 0.3) is 0 Å². The van der Waals surface area contributed by atoms with Crippen molar-refractivity contribution < 1.29 is 30.3 Å². The van der Waals surface area contributed by atoms with Crippen LogP contribution in [0.1, 0.15) is 71.1 Å². The summed E-state index contributed by atoms with van der Waals surface area (Å²) in [7, 11) is 0. The summed E-state index contributed by atoms with van der Waals surface area (Å²) < 4.78 is 0. The van der Waals surface area contributed by atoms with Gasteiger partial charge in [0, 0.05) is 44.0 Å². The molecular weight excluding hydrogens is 697 g/mol. The molecule has 0 bridgehead atoms. The Balaban J connectivity index is 0.000000353. The molecule has 1 heterocycles. The second kappa shape index (κ2) is 15.2. The van der Waals surface area contributed by atoms with Crippen LogP contribution >= 0.6 is 0 Å². The van der Waals surface area contributed by atoms with Crippen molar-refractivity contribution in [2.24, 2.45) is 10.8 Å². The van der Waals surface area contributed by atoms with Crippen molar-refractivity contribution in [3.8, 4) is 33.8 Å². The second-order valence-corrected chi connectivity index (χ2v) is 12.9. The molecule has 5 heteroatoms. The monoisotopic (exact) mass is 744 g/mol.